The number of amides is 4. The van der Waals surface area contributed by atoms with Crippen molar-refractivity contribution in [3.05, 3.63) is 30.1 Å². The van der Waals surface area contributed by atoms with E-state index in [1.807, 2.05) is 6.92 Å². The average molecular weight is 515 g/mol. The first-order valence-corrected chi connectivity index (χ1v) is 12.1. The second-order valence-electron chi connectivity index (χ2n) is 10.0. The summed E-state index contributed by atoms with van der Waals surface area (Å²) in [5.74, 6) is -1.29. The molecule has 3 fully saturated rings. The van der Waals surface area contributed by atoms with E-state index >= 15 is 4.39 Å². The summed E-state index contributed by atoms with van der Waals surface area (Å²) in [5.41, 5.74) is -1.12. The number of aliphatic hydroxyl groups is 1. The molecule has 37 heavy (non-hydrogen) atoms. The number of hydrogen-bond donors (Lipinski definition) is 3. The maximum absolute atomic E-state index is 16.2. The van der Waals surface area contributed by atoms with Crippen LogP contribution in [-0.4, -0.2) is 72.0 Å². The topological polar surface area (TPSA) is 146 Å². The molecule has 2 aromatic rings. The molecule has 1 aromatic carbocycles. The Morgan fingerprint density at radius 1 is 1.35 bits per heavy atom. The third kappa shape index (κ3) is 3.20. The highest BCUT2D eigenvalue weighted by Gasteiger charge is 2.63. The van der Waals surface area contributed by atoms with Gasteiger partial charge in [0.1, 0.15) is 18.2 Å². The molecule has 0 radical (unpaired) electrons. The molecule has 2 unspecified atom stereocenters. The molecule has 196 valence electrons. The van der Waals surface area contributed by atoms with Crippen LogP contribution in [0.5, 0.6) is 0 Å². The van der Waals surface area contributed by atoms with Gasteiger partial charge in [-0.05, 0) is 38.3 Å². The summed E-state index contributed by atoms with van der Waals surface area (Å²) in [6, 6.07) is -0.390. The molecule has 13 heteroatoms. The van der Waals surface area contributed by atoms with E-state index in [4.69, 9.17) is 14.0 Å². The fraction of sp³-hybridized carbons (Fsp3) is 0.500. The molecule has 3 saturated heterocycles. The van der Waals surface area contributed by atoms with Gasteiger partial charge in [-0.3, -0.25) is 15.0 Å². The average Bonchev–Trinajstić information content (AvgIpc) is 3.40. The van der Waals surface area contributed by atoms with Crippen molar-refractivity contribution in [2.75, 3.05) is 23.0 Å². The summed E-state index contributed by atoms with van der Waals surface area (Å²) in [4.78, 5) is 40.9. The number of hydrogen-bond acceptors (Lipinski definition) is 9. The van der Waals surface area contributed by atoms with Crippen molar-refractivity contribution in [1.29, 1.82) is 0 Å². The summed E-state index contributed by atoms with van der Waals surface area (Å²) >= 11 is 0. The van der Waals surface area contributed by atoms with E-state index in [2.05, 4.69) is 22.4 Å². The van der Waals surface area contributed by atoms with Crippen LogP contribution in [0.15, 0.2) is 23.2 Å². The highest BCUT2D eigenvalue weighted by molar-refractivity contribution is 6.04. The number of aromatic nitrogens is 1. The van der Waals surface area contributed by atoms with Crippen LogP contribution in [0.25, 0.3) is 11.0 Å². The number of cyclic esters (lactones) is 1. The Hall–Kier alpha value is -3.71. The molecule has 1 spiro atoms. The number of benzene rings is 1. The van der Waals surface area contributed by atoms with Gasteiger partial charge in [-0.1, -0.05) is 11.2 Å². The molecule has 4 amide bonds. The molecular formula is C24H26FN5O7. The first kappa shape index (κ1) is 23.7. The van der Waals surface area contributed by atoms with Gasteiger partial charge in [-0.15, -0.1) is 6.58 Å². The number of ether oxygens (including phenoxy) is 2. The minimum absolute atomic E-state index is 0.0906. The van der Waals surface area contributed by atoms with Crippen LogP contribution in [-0.2, 0) is 20.7 Å². The van der Waals surface area contributed by atoms with Crippen LogP contribution in [0, 0.1) is 11.2 Å². The summed E-state index contributed by atoms with van der Waals surface area (Å²) < 4.78 is 32.8. The number of nitrogens with zero attached hydrogens (tertiary/aromatic N) is 3. The number of halogens is 1. The van der Waals surface area contributed by atoms with Gasteiger partial charge in [0.2, 0.25) is 11.5 Å². The lowest BCUT2D eigenvalue weighted by atomic mass is 9.66. The predicted octanol–water partition coefficient (Wildman–Crippen LogP) is 1.55. The van der Waals surface area contributed by atoms with Gasteiger partial charge in [0.15, 0.2) is 11.6 Å². The number of fused-ring (bicyclic) bond motifs is 5. The van der Waals surface area contributed by atoms with Crippen molar-refractivity contribution in [2.45, 2.75) is 57.2 Å². The molecule has 0 saturated carbocycles. The maximum atomic E-state index is 16.2. The number of carbonyl (C=O) groups is 3. The molecule has 6 atom stereocenters. The highest BCUT2D eigenvalue weighted by Crippen LogP contribution is 2.50. The number of aliphatic hydroxyl groups excluding tert-OH is 1. The monoisotopic (exact) mass is 515 g/mol. The number of carbonyl (C=O) groups excluding carboxylic acids is 3. The third-order valence-electron chi connectivity index (χ3n) is 7.75. The smallest absolute Gasteiger partial charge is 0.416 e. The Bertz CT molecular complexity index is 1350. The number of nitrogens with one attached hydrogen (secondary N) is 2. The van der Waals surface area contributed by atoms with E-state index < -0.39 is 53.7 Å². The Morgan fingerprint density at radius 3 is 2.86 bits per heavy atom. The highest BCUT2D eigenvalue weighted by atomic mass is 19.1. The van der Waals surface area contributed by atoms with E-state index in [1.54, 1.807) is 24.0 Å². The lowest BCUT2D eigenvalue weighted by molar-refractivity contribution is -0.155. The van der Waals surface area contributed by atoms with E-state index in [0.717, 1.165) is 0 Å². The van der Waals surface area contributed by atoms with Crippen LogP contribution in [0.3, 0.4) is 0 Å². The molecule has 4 aliphatic rings. The lowest BCUT2D eigenvalue weighted by Gasteiger charge is -2.57. The molecular weight excluding hydrogens is 489 g/mol. The maximum Gasteiger partial charge on any atom is 0.416 e. The number of imide groups is 1. The van der Waals surface area contributed by atoms with Crippen LogP contribution < -0.4 is 20.4 Å². The van der Waals surface area contributed by atoms with Gasteiger partial charge in [0.25, 0.3) is 0 Å². The fourth-order valence-corrected chi connectivity index (χ4v) is 6.35. The summed E-state index contributed by atoms with van der Waals surface area (Å²) in [6.45, 7) is 7.63. The van der Waals surface area contributed by atoms with Crippen molar-refractivity contribution in [3.8, 4) is 0 Å². The van der Waals surface area contributed by atoms with Gasteiger partial charge in [-0.25, -0.2) is 14.0 Å². The van der Waals surface area contributed by atoms with Crippen LogP contribution >= 0.6 is 0 Å². The lowest BCUT2D eigenvalue weighted by Crippen LogP contribution is -2.76. The molecule has 12 nitrogen and oxygen atoms in total. The molecule has 3 N–H and O–H groups in total. The van der Waals surface area contributed by atoms with Gasteiger partial charge in [0.05, 0.1) is 35.4 Å². The number of urea groups is 1. The Balaban J connectivity index is 1.55. The van der Waals surface area contributed by atoms with E-state index in [9.17, 15) is 19.5 Å². The molecule has 6 rings (SSSR count). The predicted molar refractivity (Wildman–Crippen MR) is 126 cm³/mol. The molecule has 0 aliphatic carbocycles. The minimum atomic E-state index is -1.57. The zero-order chi connectivity index (χ0) is 26.2. The first-order chi connectivity index (χ1) is 17.7. The second-order valence-corrected chi connectivity index (χ2v) is 10.0. The molecule has 0 bridgehead atoms. The second kappa shape index (κ2) is 8.15. The van der Waals surface area contributed by atoms with Crippen molar-refractivity contribution in [2.24, 2.45) is 5.41 Å². The van der Waals surface area contributed by atoms with Gasteiger partial charge < -0.3 is 29.3 Å². The third-order valence-corrected chi connectivity index (χ3v) is 7.75. The number of morpholine rings is 1. The van der Waals surface area contributed by atoms with Crippen LogP contribution in [0.2, 0.25) is 0 Å². The van der Waals surface area contributed by atoms with Crippen LogP contribution in [0.1, 0.15) is 25.8 Å². The Labute approximate surface area is 210 Å². The number of anilines is 2. The molecule has 1 aromatic heterocycles. The fourth-order valence-electron chi connectivity index (χ4n) is 6.35. The minimum Gasteiger partial charge on any atom is -0.447 e. The summed E-state index contributed by atoms with van der Waals surface area (Å²) in [5, 5.41) is 20.0. The largest absolute Gasteiger partial charge is 0.447 e. The standard InChI is InChI=1S/C24H26FN5O7/c1-4-5-13-9-35-23(34)30(13)19-14-6-12-7-24(20(31)26-22(33)27-21(24)32)18-11(3)36-10(2)8-29(18)16(12)15(25)17(14)37-28-19/h4,6,10-11,13,18,20,31H,1,5,7-9H2,2-3H3,(H2,26,27,32,33)/t10-,11+,13+,18-,20?,24?/m1/s1. The van der Waals surface area contributed by atoms with Crippen molar-refractivity contribution in [1.82, 2.24) is 15.8 Å². The summed E-state index contributed by atoms with van der Waals surface area (Å²) in [7, 11) is 0. The van der Waals surface area contributed by atoms with Gasteiger partial charge >= 0.3 is 12.1 Å². The normalized spacial score (nSPS) is 33.2. The van der Waals surface area contributed by atoms with Gasteiger partial charge in [-0.2, -0.15) is 0 Å². The Kier molecular flexibility index (Phi) is 5.21. The van der Waals surface area contributed by atoms with Crippen molar-refractivity contribution < 1.29 is 37.9 Å². The van der Waals surface area contributed by atoms with E-state index in [0.29, 0.717) is 12.0 Å². The molecule has 4 aliphatic heterocycles. The quantitative estimate of drug-likeness (QED) is 0.518. The first-order valence-electron chi connectivity index (χ1n) is 12.1. The Morgan fingerprint density at radius 2 is 2.14 bits per heavy atom. The zero-order valence-corrected chi connectivity index (χ0v) is 20.2. The van der Waals surface area contributed by atoms with E-state index in [-0.39, 0.29) is 48.2 Å². The molecule has 5 heterocycles. The van der Waals surface area contributed by atoms with E-state index in [1.165, 1.54) is 4.90 Å². The number of rotatable bonds is 3. The zero-order valence-electron chi connectivity index (χ0n) is 20.2. The van der Waals surface area contributed by atoms with Crippen molar-refractivity contribution in [3.63, 3.8) is 0 Å². The van der Waals surface area contributed by atoms with Crippen LogP contribution in [0.4, 0.5) is 25.5 Å². The van der Waals surface area contributed by atoms with Crippen molar-refractivity contribution >= 4 is 40.5 Å². The van der Waals surface area contributed by atoms with Gasteiger partial charge in [0, 0.05) is 6.54 Å². The SMILES string of the molecule is C=CC[C@H]1COC(=O)N1c1noc2c(F)c3c(cc12)CC1(C(=O)NC(=O)NC1O)[C@H]1[C@H](C)O[C@H](C)CN31. The summed E-state index contributed by atoms with van der Waals surface area (Å²) in [6.07, 6.45) is -1.15.